The van der Waals surface area contributed by atoms with Gasteiger partial charge in [0.15, 0.2) is 0 Å². The van der Waals surface area contributed by atoms with Crippen LogP contribution in [0.15, 0.2) is 18.2 Å². The first kappa shape index (κ1) is 7.65. The average molecular weight is 196 g/mol. The minimum atomic E-state index is 0.317. The predicted octanol–water partition coefficient (Wildman–Crippen LogP) is 2.14. The van der Waals surface area contributed by atoms with E-state index in [1.807, 2.05) is 12.1 Å². The molecule has 2 bridgehead atoms. The Labute approximate surface area is 81.8 Å². The third-order valence-electron chi connectivity index (χ3n) is 2.75. The molecule has 13 heavy (non-hydrogen) atoms. The molecule has 1 aromatic carbocycles. The van der Waals surface area contributed by atoms with Gasteiger partial charge in [0.25, 0.3) is 0 Å². The molecule has 1 aromatic rings. The van der Waals surface area contributed by atoms with Gasteiger partial charge in [-0.05, 0) is 6.07 Å². The van der Waals surface area contributed by atoms with Crippen molar-refractivity contribution in [1.82, 2.24) is 5.32 Å². The summed E-state index contributed by atoms with van der Waals surface area (Å²) in [6, 6.07) is 6.39. The lowest BCUT2D eigenvalue weighted by atomic mass is 10.0. The summed E-state index contributed by atoms with van der Waals surface area (Å²) in [4.78, 5) is 0. The molecule has 2 atom stereocenters. The van der Waals surface area contributed by atoms with E-state index in [-0.39, 0.29) is 0 Å². The van der Waals surface area contributed by atoms with Gasteiger partial charge in [0.1, 0.15) is 11.9 Å². The molecule has 0 unspecified atom stereocenters. The number of fused-ring (bicyclic) bond motifs is 4. The van der Waals surface area contributed by atoms with Crippen molar-refractivity contribution >= 4 is 11.6 Å². The Bertz CT molecular complexity index is 353. The fourth-order valence-electron chi connectivity index (χ4n) is 2.12. The first-order chi connectivity index (χ1) is 6.34. The average Bonchev–Trinajstić information content (AvgIpc) is 2.51. The Balaban J connectivity index is 2.16. The molecule has 2 nitrogen and oxygen atoms in total. The standard InChI is InChI=1S/C10H10ClNO/c11-8-3-1-2-7-9-4-6(5-12-9)13-10(7)8/h1-3,6,9,12H,4-5H2/t6-,9-/m0/s1. The number of ether oxygens (including phenoxy) is 1. The third-order valence-corrected chi connectivity index (χ3v) is 3.05. The summed E-state index contributed by atoms with van der Waals surface area (Å²) in [7, 11) is 0. The molecular formula is C10H10ClNO. The van der Waals surface area contributed by atoms with Crippen molar-refractivity contribution in [2.45, 2.75) is 18.6 Å². The van der Waals surface area contributed by atoms with Crippen LogP contribution >= 0.6 is 11.6 Å². The highest BCUT2D eigenvalue weighted by atomic mass is 35.5. The Morgan fingerprint density at radius 3 is 3.31 bits per heavy atom. The summed E-state index contributed by atoms with van der Waals surface area (Å²) in [5.41, 5.74) is 1.21. The van der Waals surface area contributed by atoms with Crippen LogP contribution in [-0.2, 0) is 0 Å². The van der Waals surface area contributed by atoms with Crippen LogP contribution in [0.3, 0.4) is 0 Å². The lowest BCUT2D eigenvalue weighted by molar-refractivity contribution is 0.205. The van der Waals surface area contributed by atoms with Crippen molar-refractivity contribution in [2.24, 2.45) is 0 Å². The summed E-state index contributed by atoms with van der Waals surface area (Å²) in [6.07, 6.45) is 1.39. The van der Waals surface area contributed by atoms with Crippen molar-refractivity contribution in [3.63, 3.8) is 0 Å². The summed E-state index contributed by atoms with van der Waals surface area (Å²) in [5, 5.41) is 4.15. The van der Waals surface area contributed by atoms with Crippen molar-refractivity contribution in [3.8, 4) is 5.75 Å². The van der Waals surface area contributed by atoms with Crippen LogP contribution < -0.4 is 10.1 Å². The fraction of sp³-hybridized carbons (Fsp3) is 0.400. The van der Waals surface area contributed by atoms with Gasteiger partial charge in [-0.3, -0.25) is 0 Å². The topological polar surface area (TPSA) is 21.3 Å². The molecule has 3 rings (SSSR count). The highest BCUT2D eigenvalue weighted by Crippen LogP contribution is 2.41. The number of halogens is 1. The highest BCUT2D eigenvalue weighted by molar-refractivity contribution is 6.32. The normalized spacial score (nSPS) is 29.6. The molecule has 1 saturated heterocycles. The Hall–Kier alpha value is -0.730. The number of nitrogens with one attached hydrogen (secondary N) is 1. The molecule has 3 heteroatoms. The number of hydrogen-bond donors (Lipinski definition) is 1. The maximum atomic E-state index is 6.05. The second-order valence-electron chi connectivity index (χ2n) is 3.59. The molecule has 0 radical (unpaired) electrons. The van der Waals surface area contributed by atoms with E-state index in [1.165, 1.54) is 5.56 Å². The molecule has 2 aliphatic heterocycles. The first-order valence-corrected chi connectivity index (χ1v) is 4.91. The van der Waals surface area contributed by atoms with Crippen LogP contribution in [0.1, 0.15) is 18.0 Å². The molecule has 0 saturated carbocycles. The molecular weight excluding hydrogens is 186 g/mol. The minimum absolute atomic E-state index is 0.317. The van der Waals surface area contributed by atoms with E-state index in [1.54, 1.807) is 0 Å². The molecule has 0 aliphatic carbocycles. The number of hydrogen-bond acceptors (Lipinski definition) is 2. The van der Waals surface area contributed by atoms with Crippen molar-refractivity contribution < 1.29 is 4.74 Å². The quantitative estimate of drug-likeness (QED) is 0.685. The Kier molecular flexibility index (Phi) is 1.55. The molecule has 2 heterocycles. The van der Waals surface area contributed by atoms with Crippen LogP contribution in [-0.4, -0.2) is 12.6 Å². The highest BCUT2D eigenvalue weighted by Gasteiger charge is 2.34. The van der Waals surface area contributed by atoms with E-state index in [2.05, 4.69) is 11.4 Å². The molecule has 68 valence electrons. The monoisotopic (exact) mass is 195 g/mol. The van der Waals surface area contributed by atoms with Crippen LogP contribution in [0.25, 0.3) is 0 Å². The van der Waals surface area contributed by atoms with E-state index in [0.29, 0.717) is 12.1 Å². The van der Waals surface area contributed by atoms with Gasteiger partial charge in [0.05, 0.1) is 5.02 Å². The smallest absolute Gasteiger partial charge is 0.143 e. The Morgan fingerprint density at radius 1 is 1.46 bits per heavy atom. The van der Waals surface area contributed by atoms with Crippen molar-refractivity contribution in [1.29, 1.82) is 0 Å². The number of rotatable bonds is 0. The molecule has 0 spiro atoms. The molecule has 1 fully saturated rings. The predicted molar refractivity (Wildman–Crippen MR) is 51.2 cm³/mol. The minimum Gasteiger partial charge on any atom is -0.487 e. The van der Waals surface area contributed by atoms with E-state index in [0.717, 1.165) is 23.7 Å². The summed E-state index contributed by atoms with van der Waals surface area (Å²) in [6.45, 7) is 0.940. The van der Waals surface area contributed by atoms with Gasteiger partial charge in [0, 0.05) is 24.6 Å². The largest absolute Gasteiger partial charge is 0.487 e. The summed E-state index contributed by atoms with van der Waals surface area (Å²) >= 11 is 6.05. The zero-order chi connectivity index (χ0) is 8.84. The Morgan fingerprint density at radius 2 is 2.38 bits per heavy atom. The van der Waals surface area contributed by atoms with Crippen molar-refractivity contribution in [2.75, 3.05) is 6.54 Å². The molecule has 2 aliphatic rings. The van der Waals surface area contributed by atoms with Crippen molar-refractivity contribution in [3.05, 3.63) is 28.8 Å². The number of benzene rings is 1. The zero-order valence-corrected chi connectivity index (χ0v) is 7.84. The lowest BCUT2D eigenvalue weighted by Gasteiger charge is -2.23. The van der Waals surface area contributed by atoms with E-state index in [9.17, 15) is 0 Å². The maximum absolute atomic E-state index is 6.05. The van der Waals surface area contributed by atoms with Gasteiger partial charge < -0.3 is 10.1 Å². The lowest BCUT2D eigenvalue weighted by Crippen LogP contribution is -2.20. The van der Waals surface area contributed by atoms with Crippen LogP contribution in [0, 0.1) is 0 Å². The van der Waals surface area contributed by atoms with Crippen LogP contribution in [0.4, 0.5) is 0 Å². The first-order valence-electron chi connectivity index (χ1n) is 4.53. The maximum Gasteiger partial charge on any atom is 0.143 e. The van der Waals surface area contributed by atoms with Crippen LogP contribution in [0.5, 0.6) is 5.75 Å². The van der Waals surface area contributed by atoms with Gasteiger partial charge >= 0.3 is 0 Å². The third kappa shape index (κ3) is 1.06. The van der Waals surface area contributed by atoms with E-state index >= 15 is 0 Å². The summed E-state index contributed by atoms with van der Waals surface area (Å²) < 4.78 is 5.76. The molecule has 0 aromatic heterocycles. The second kappa shape index (κ2) is 2.63. The van der Waals surface area contributed by atoms with Gasteiger partial charge in [-0.25, -0.2) is 0 Å². The fourth-order valence-corrected chi connectivity index (χ4v) is 2.35. The molecule has 1 N–H and O–H groups in total. The zero-order valence-electron chi connectivity index (χ0n) is 7.09. The molecule has 0 amide bonds. The van der Waals surface area contributed by atoms with E-state index in [4.69, 9.17) is 16.3 Å². The number of para-hydroxylation sites is 1. The van der Waals surface area contributed by atoms with Gasteiger partial charge in [-0.1, -0.05) is 23.7 Å². The van der Waals surface area contributed by atoms with Gasteiger partial charge in [-0.2, -0.15) is 0 Å². The van der Waals surface area contributed by atoms with Crippen LogP contribution in [0.2, 0.25) is 5.02 Å². The SMILES string of the molecule is Clc1cccc2c1O[C@@H]1CN[C@H]2C1. The van der Waals surface area contributed by atoms with Gasteiger partial charge in [-0.15, -0.1) is 0 Å². The second-order valence-corrected chi connectivity index (χ2v) is 4.00. The van der Waals surface area contributed by atoms with E-state index < -0.39 is 0 Å². The van der Waals surface area contributed by atoms with Gasteiger partial charge in [0.2, 0.25) is 0 Å². The summed E-state index contributed by atoms with van der Waals surface area (Å²) in [5.74, 6) is 0.885.